The molecule has 3 nitrogen and oxygen atoms in total. The van der Waals surface area contributed by atoms with Crippen LogP contribution in [0.1, 0.15) is 37.7 Å². The Morgan fingerprint density at radius 3 is 2.74 bits per heavy atom. The fourth-order valence-corrected chi connectivity index (χ4v) is 2.76. The minimum absolute atomic E-state index is 0.0533. The van der Waals surface area contributed by atoms with E-state index < -0.39 is 0 Å². The zero-order valence-corrected chi connectivity index (χ0v) is 11.9. The van der Waals surface area contributed by atoms with Gasteiger partial charge in [0.2, 0.25) is 5.91 Å². The molecule has 1 aliphatic heterocycles. The van der Waals surface area contributed by atoms with Gasteiger partial charge >= 0.3 is 0 Å². The largest absolute Gasteiger partial charge is 0.342 e. The Balaban J connectivity index is 2.01. The number of nitrogens with one attached hydrogen (secondary N) is 1. The topological polar surface area (TPSA) is 32.3 Å². The van der Waals surface area contributed by atoms with E-state index >= 15 is 0 Å². The molecule has 0 spiro atoms. The number of amides is 1. The fourth-order valence-electron chi connectivity index (χ4n) is 2.76. The van der Waals surface area contributed by atoms with Crippen molar-refractivity contribution in [2.45, 2.75) is 38.1 Å². The summed E-state index contributed by atoms with van der Waals surface area (Å²) in [5.74, 6) is 0.181. The SMILES string of the molecule is CC(C(=O)N(C)C1CCCNCC1)c1ccccc1. The van der Waals surface area contributed by atoms with Crippen LogP contribution in [0, 0.1) is 0 Å². The molecule has 1 aromatic carbocycles. The number of carbonyl (C=O) groups is 1. The Bertz CT molecular complexity index is 396. The van der Waals surface area contributed by atoms with Crippen LogP contribution in [0.4, 0.5) is 0 Å². The van der Waals surface area contributed by atoms with Crippen molar-refractivity contribution >= 4 is 5.91 Å². The normalized spacial score (nSPS) is 21.5. The van der Waals surface area contributed by atoms with Crippen molar-refractivity contribution in [1.29, 1.82) is 0 Å². The van der Waals surface area contributed by atoms with Crippen LogP contribution >= 0.6 is 0 Å². The first-order valence-electron chi connectivity index (χ1n) is 7.22. The van der Waals surface area contributed by atoms with E-state index in [-0.39, 0.29) is 11.8 Å². The van der Waals surface area contributed by atoms with Gasteiger partial charge in [0.1, 0.15) is 0 Å². The smallest absolute Gasteiger partial charge is 0.229 e. The first kappa shape index (κ1) is 14.1. The molecule has 1 heterocycles. The zero-order chi connectivity index (χ0) is 13.7. The van der Waals surface area contributed by atoms with Gasteiger partial charge < -0.3 is 10.2 Å². The first-order chi connectivity index (χ1) is 9.20. The van der Waals surface area contributed by atoms with Gasteiger partial charge in [-0.15, -0.1) is 0 Å². The molecule has 104 valence electrons. The Hall–Kier alpha value is -1.35. The van der Waals surface area contributed by atoms with Gasteiger partial charge in [-0.2, -0.15) is 0 Å². The Morgan fingerprint density at radius 1 is 1.26 bits per heavy atom. The van der Waals surface area contributed by atoms with Crippen LogP contribution in [0.15, 0.2) is 30.3 Å². The summed E-state index contributed by atoms with van der Waals surface area (Å²) in [5.41, 5.74) is 1.10. The predicted molar refractivity (Wildman–Crippen MR) is 78.1 cm³/mol. The van der Waals surface area contributed by atoms with Crippen molar-refractivity contribution in [1.82, 2.24) is 10.2 Å². The van der Waals surface area contributed by atoms with E-state index in [1.165, 1.54) is 0 Å². The molecule has 0 bridgehead atoms. The number of likely N-dealkylation sites (N-methyl/N-ethyl adjacent to an activating group) is 1. The maximum Gasteiger partial charge on any atom is 0.229 e. The summed E-state index contributed by atoms with van der Waals surface area (Å²) >= 11 is 0. The summed E-state index contributed by atoms with van der Waals surface area (Å²) in [5, 5.41) is 3.39. The van der Waals surface area contributed by atoms with E-state index in [1.54, 1.807) is 0 Å². The van der Waals surface area contributed by atoms with Gasteiger partial charge in [0.25, 0.3) is 0 Å². The monoisotopic (exact) mass is 260 g/mol. The lowest BCUT2D eigenvalue weighted by Crippen LogP contribution is -2.39. The van der Waals surface area contributed by atoms with Crippen LogP contribution in [-0.2, 0) is 4.79 Å². The van der Waals surface area contributed by atoms with Crippen LogP contribution in [0.25, 0.3) is 0 Å². The summed E-state index contributed by atoms with van der Waals surface area (Å²) in [7, 11) is 1.96. The van der Waals surface area contributed by atoms with Crippen molar-refractivity contribution in [2.24, 2.45) is 0 Å². The summed E-state index contributed by atoms with van der Waals surface area (Å²) in [6.45, 7) is 4.10. The Kier molecular flexibility index (Phi) is 4.97. The zero-order valence-electron chi connectivity index (χ0n) is 11.9. The molecule has 1 fully saturated rings. The van der Waals surface area contributed by atoms with Crippen LogP contribution in [0.2, 0.25) is 0 Å². The second kappa shape index (κ2) is 6.71. The van der Waals surface area contributed by atoms with Crippen molar-refractivity contribution in [2.75, 3.05) is 20.1 Å². The summed E-state index contributed by atoms with van der Waals surface area (Å²) in [6, 6.07) is 10.4. The molecular weight excluding hydrogens is 236 g/mol. The minimum Gasteiger partial charge on any atom is -0.342 e. The van der Waals surface area contributed by atoms with Crippen LogP contribution < -0.4 is 5.32 Å². The number of hydrogen-bond acceptors (Lipinski definition) is 2. The van der Waals surface area contributed by atoms with E-state index in [0.717, 1.165) is 37.9 Å². The molecular formula is C16H24N2O. The third-order valence-corrected chi connectivity index (χ3v) is 4.11. The minimum atomic E-state index is -0.0533. The van der Waals surface area contributed by atoms with Crippen molar-refractivity contribution in [3.05, 3.63) is 35.9 Å². The number of carbonyl (C=O) groups excluding carboxylic acids is 1. The van der Waals surface area contributed by atoms with Gasteiger partial charge in [0.15, 0.2) is 0 Å². The Labute approximate surface area is 116 Å². The van der Waals surface area contributed by atoms with Crippen LogP contribution in [-0.4, -0.2) is 37.0 Å². The molecule has 1 amide bonds. The first-order valence-corrected chi connectivity index (χ1v) is 7.22. The second-order valence-corrected chi connectivity index (χ2v) is 5.42. The lowest BCUT2D eigenvalue weighted by molar-refractivity contribution is -0.133. The number of nitrogens with zero attached hydrogens (tertiary/aromatic N) is 1. The molecule has 19 heavy (non-hydrogen) atoms. The number of hydrogen-bond donors (Lipinski definition) is 1. The van der Waals surface area contributed by atoms with Crippen LogP contribution in [0.5, 0.6) is 0 Å². The van der Waals surface area contributed by atoms with E-state index in [2.05, 4.69) is 5.32 Å². The molecule has 0 radical (unpaired) electrons. The van der Waals surface area contributed by atoms with E-state index in [9.17, 15) is 4.79 Å². The van der Waals surface area contributed by atoms with Gasteiger partial charge in [-0.1, -0.05) is 30.3 Å². The predicted octanol–water partition coefficient (Wildman–Crippen LogP) is 2.39. The van der Waals surface area contributed by atoms with E-state index in [1.807, 2.05) is 49.2 Å². The van der Waals surface area contributed by atoms with Gasteiger partial charge in [0, 0.05) is 13.1 Å². The highest BCUT2D eigenvalue weighted by Gasteiger charge is 2.25. The molecule has 0 saturated carbocycles. The summed E-state index contributed by atoms with van der Waals surface area (Å²) in [6.07, 6.45) is 3.32. The average molecular weight is 260 g/mol. The molecule has 1 aromatic rings. The maximum atomic E-state index is 12.6. The van der Waals surface area contributed by atoms with Gasteiger partial charge in [0.05, 0.1) is 5.92 Å². The highest BCUT2D eigenvalue weighted by molar-refractivity contribution is 5.83. The van der Waals surface area contributed by atoms with Crippen molar-refractivity contribution in [3.8, 4) is 0 Å². The molecule has 3 heteroatoms. The highest BCUT2D eigenvalue weighted by Crippen LogP contribution is 2.20. The number of benzene rings is 1. The molecule has 0 aromatic heterocycles. The molecule has 0 aliphatic carbocycles. The standard InChI is InChI=1S/C16H24N2O/c1-13(14-7-4-3-5-8-14)16(19)18(2)15-9-6-11-17-12-10-15/h3-5,7-8,13,15,17H,6,9-12H2,1-2H3. The molecule has 1 N–H and O–H groups in total. The van der Waals surface area contributed by atoms with Crippen molar-refractivity contribution < 1.29 is 4.79 Å². The molecule has 1 saturated heterocycles. The molecule has 2 rings (SSSR count). The fraction of sp³-hybridized carbons (Fsp3) is 0.562. The van der Waals surface area contributed by atoms with Gasteiger partial charge in [-0.05, 0) is 44.8 Å². The average Bonchev–Trinajstić information content (AvgIpc) is 2.75. The number of rotatable bonds is 3. The van der Waals surface area contributed by atoms with E-state index in [0.29, 0.717) is 6.04 Å². The quantitative estimate of drug-likeness (QED) is 0.905. The Morgan fingerprint density at radius 2 is 2.00 bits per heavy atom. The lowest BCUT2D eigenvalue weighted by atomic mass is 9.98. The third-order valence-electron chi connectivity index (χ3n) is 4.11. The van der Waals surface area contributed by atoms with Crippen molar-refractivity contribution in [3.63, 3.8) is 0 Å². The molecule has 1 aliphatic rings. The summed E-state index contributed by atoms with van der Waals surface area (Å²) in [4.78, 5) is 14.5. The lowest BCUT2D eigenvalue weighted by Gasteiger charge is -2.29. The molecule has 2 unspecified atom stereocenters. The van der Waals surface area contributed by atoms with Gasteiger partial charge in [-0.3, -0.25) is 4.79 Å². The molecule has 2 atom stereocenters. The highest BCUT2D eigenvalue weighted by atomic mass is 16.2. The van der Waals surface area contributed by atoms with Gasteiger partial charge in [-0.25, -0.2) is 0 Å². The van der Waals surface area contributed by atoms with Crippen LogP contribution in [0.3, 0.4) is 0 Å². The second-order valence-electron chi connectivity index (χ2n) is 5.42. The third kappa shape index (κ3) is 3.57. The maximum absolute atomic E-state index is 12.6. The van der Waals surface area contributed by atoms with E-state index in [4.69, 9.17) is 0 Å². The summed E-state index contributed by atoms with van der Waals surface area (Å²) < 4.78 is 0.